The van der Waals surface area contributed by atoms with E-state index >= 15 is 0 Å². The van der Waals surface area contributed by atoms with Crippen LogP contribution in [0.5, 0.6) is 0 Å². The van der Waals surface area contributed by atoms with Crippen molar-refractivity contribution in [3.05, 3.63) is 34.9 Å². The van der Waals surface area contributed by atoms with Crippen molar-refractivity contribution in [2.75, 3.05) is 26.9 Å². The number of benzene rings is 1. The number of hydrogen-bond donors (Lipinski definition) is 1. The summed E-state index contributed by atoms with van der Waals surface area (Å²) >= 11 is 0. The number of hydrogen-bond acceptors (Lipinski definition) is 5. The molecule has 0 radical (unpaired) electrons. The maximum atomic E-state index is 12.1. The van der Waals surface area contributed by atoms with Crippen molar-refractivity contribution in [3.8, 4) is 0 Å². The normalized spacial score (nSPS) is 23.9. The lowest BCUT2D eigenvalue weighted by Crippen LogP contribution is -2.39. The summed E-state index contributed by atoms with van der Waals surface area (Å²) in [5.41, 5.74) is 1.76. The molecule has 2 amide bonds. The van der Waals surface area contributed by atoms with Crippen LogP contribution in [0.2, 0.25) is 0 Å². The minimum Gasteiger partial charge on any atom is -0.386 e. The summed E-state index contributed by atoms with van der Waals surface area (Å²) in [6.07, 6.45) is -1.09. The van der Waals surface area contributed by atoms with Gasteiger partial charge in [-0.1, -0.05) is 12.1 Å². The molecule has 2 unspecified atom stereocenters. The molecule has 0 aromatic heterocycles. The first-order valence-electron chi connectivity index (χ1n) is 6.89. The molecule has 0 saturated carbocycles. The summed E-state index contributed by atoms with van der Waals surface area (Å²) in [5, 5.41) is 10.4. The van der Waals surface area contributed by atoms with E-state index in [2.05, 4.69) is 0 Å². The molecule has 0 spiro atoms. The van der Waals surface area contributed by atoms with Gasteiger partial charge in [0.1, 0.15) is 12.2 Å². The summed E-state index contributed by atoms with van der Waals surface area (Å²) in [6, 6.07) is 5.09. The Morgan fingerprint density at radius 3 is 2.86 bits per heavy atom. The number of nitrogens with zero attached hydrogens (tertiary/aromatic N) is 1. The van der Waals surface area contributed by atoms with Crippen molar-refractivity contribution in [3.63, 3.8) is 0 Å². The third-order valence-electron chi connectivity index (χ3n) is 3.92. The molecule has 6 nitrogen and oxygen atoms in total. The first-order chi connectivity index (χ1) is 10.1. The van der Waals surface area contributed by atoms with Crippen molar-refractivity contribution in [2.45, 2.75) is 18.6 Å². The predicted molar refractivity (Wildman–Crippen MR) is 72.8 cm³/mol. The Labute approximate surface area is 122 Å². The first kappa shape index (κ1) is 14.2. The Bertz CT molecular complexity index is 579. The molecule has 3 rings (SSSR count). The number of fused-ring (bicyclic) bond motifs is 1. The van der Waals surface area contributed by atoms with Gasteiger partial charge in [0, 0.05) is 12.6 Å². The van der Waals surface area contributed by atoms with E-state index in [1.807, 2.05) is 0 Å². The van der Waals surface area contributed by atoms with E-state index in [0.717, 1.165) is 4.90 Å². The molecule has 0 bridgehead atoms. The Hall–Kier alpha value is -1.76. The second kappa shape index (κ2) is 5.55. The molecule has 1 fully saturated rings. The van der Waals surface area contributed by atoms with E-state index in [1.165, 1.54) is 7.05 Å². The highest BCUT2D eigenvalue weighted by Gasteiger charge is 2.30. The standard InChI is InChI=1S/C15H17NO5/c1-16-13(17)7-9-2-3-10(6-11(9)15(16)19)14(18)12-8-20-4-5-21-12/h2-3,6,12,14,18H,4-5,7-8H2,1H3. The fourth-order valence-electron chi connectivity index (χ4n) is 2.61. The number of carbonyl (C=O) groups excluding carboxylic acids is 2. The van der Waals surface area contributed by atoms with Gasteiger partial charge in [-0.25, -0.2) is 0 Å². The fourth-order valence-corrected chi connectivity index (χ4v) is 2.61. The fraction of sp³-hybridized carbons (Fsp3) is 0.467. The van der Waals surface area contributed by atoms with Crippen molar-refractivity contribution in [1.29, 1.82) is 0 Å². The van der Waals surface area contributed by atoms with E-state index in [4.69, 9.17) is 9.47 Å². The number of amides is 2. The largest absolute Gasteiger partial charge is 0.386 e. The maximum Gasteiger partial charge on any atom is 0.260 e. The van der Waals surface area contributed by atoms with Gasteiger partial charge in [-0.05, 0) is 17.2 Å². The van der Waals surface area contributed by atoms with Gasteiger partial charge in [-0.3, -0.25) is 14.5 Å². The molecule has 112 valence electrons. The van der Waals surface area contributed by atoms with Crippen LogP contribution >= 0.6 is 0 Å². The van der Waals surface area contributed by atoms with E-state index in [0.29, 0.717) is 36.5 Å². The highest BCUT2D eigenvalue weighted by molar-refractivity contribution is 6.09. The minimum absolute atomic E-state index is 0.205. The number of aliphatic hydroxyl groups excluding tert-OH is 1. The number of aliphatic hydroxyl groups is 1. The van der Waals surface area contributed by atoms with E-state index in [-0.39, 0.29) is 18.2 Å². The minimum atomic E-state index is -0.855. The van der Waals surface area contributed by atoms with Crippen LogP contribution in [0, 0.1) is 0 Å². The highest BCUT2D eigenvalue weighted by Crippen LogP contribution is 2.26. The third-order valence-corrected chi connectivity index (χ3v) is 3.92. The molecule has 0 aliphatic carbocycles. The summed E-state index contributed by atoms with van der Waals surface area (Å²) in [7, 11) is 1.47. The van der Waals surface area contributed by atoms with Gasteiger partial charge >= 0.3 is 0 Å². The predicted octanol–water partition coefficient (Wildman–Crippen LogP) is 0.290. The SMILES string of the molecule is CN1C(=O)Cc2ccc(C(O)C3COCCO3)cc2C1=O. The van der Waals surface area contributed by atoms with Crippen LogP contribution in [0.3, 0.4) is 0 Å². The lowest BCUT2D eigenvalue weighted by molar-refractivity contribution is -0.133. The van der Waals surface area contributed by atoms with Gasteiger partial charge in [0.05, 0.1) is 26.2 Å². The van der Waals surface area contributed by atoms with Crippen LogP contribution in [0.4, 0.5) is 0 Å². The smallest absolute Gasteiger partial charge is 0.260 e. The lowest BCUT2D eigenvalue weighted by atomic mass is 9.93. The summed E-state index contributed by atoms with van der Waals surface area (Å²) < 4.78 is 10.8. The van der Waals surface area contributed by atoms with Crippen molar-refractivity contribution < 1.29 is 24.2 Å². The van der Waals surface area contributed by atoms with E-state index in [1.54, 1.807) is 18.2 Å². The maximum absolute atomic E-state index is 12.1. The molecule has 1 aromatic rings. The lowest BCUT2D eigenvalue weighted by Gasteiger charge is -2.29. The average Bonchev–Trinajstić information content (AvgIpc) is 2.53. The zero-order chi connectivity index (χ0) is 15.0. The molecular formula is C15H17NO5. The molecule has 1 aromatic carbocycles. The van der Waals surface area contributed by atoms with Crippen molar-refractivity contribution >= 4 is 11.8 Å². The number of rotatable bonds is 2. The first-order valence-corrected chi connectivity index (χ1v) is 6.89. The van der Waals surface area contributed by atoms with Gasteiger partial charge in [0.2, 0.25) is 5.91 Å². The summed E-state index contributed by atoms with van der Waals surface area (Å²) in [5.74, 6) is -0.555. The molecule has 1 N–H and O–H groups in total. The van der Waals surface area contributed by atoms with E-state index in [9.17, 15) is 14.7 Å². The second-order valence-electron chi connectivity index (χ2n) is 5.28. The Morgan fingerprint density at radius 1 is 1.33 bits per heavy atom. The van der Waals surface area contributed by atoms with Gasteiger partial charge in [0.15, 0.2) is 0 Å². The van der Waals surface area contributed by atoms with Crippen LogP contribution in [0.15, 0.2) is 18.2 Å². The summed E-state index contributed by atoms with van der Waals surface area (Å²) in [6.45, 7) is 1.30. The molecular weight excluding hydrogens is 274 g/mol. The van der Waals surface area contributed by atoms with Crippen molar-refractivity contribution in [2.24, 2.45) is 0 Å². The third kappa shape index (κ3) is 2.57. The number of imide groups is 1. The van der Waals surface area contributed by atoms with Crippen LogP contribution in [0.1, 0.15) is 27.6 Å². The van der Waals surface area contributed by atoms with Gasteiger partial charge in [-0.2, -0.15) is 0 Å². The highest BCUT2D eigenvalue weighted by atomic mass is 16.6. The van der Waals surface area contributed by atoms with Crippen molar-refractivity contribution in [1.82, 2.24) is 4.90 Å². The quantitative estimate of drug-likeness (QED) is 0.793. The van der Waals surface area contributed by atoms with Gasteiger partial charge in [0.25, 0.3) is 5.91 Å². The van der Waals surface area contributed by atoms with E-state index < -0.39 is 12.2 Å². The average molecular weight is 291 g/mol. The molecule has 2 atom stereocenters. The molecule has 6 heteroatoms. The molecule has 1 saturated heterocycles. The molecule has 21 heavy (non-hydrogen) atoms. The zero-order valence-electron chi connectivity index (χ0n) is 11.7. The number of likely N-dealkylation sites (N-methyl/N-ethyl adjacent to an activating group) is 1. The van der Waals surface area contributed by atoms with Crippen LogP contribution < -0.4 is 0 Å². The molecule has 2 aliphatic heterocycles. The number of carbonyl (C=O) groups is 2. The number of ether oxygens (including phenoxy) is 2. The molecule has 2 heterocycles. The van der Waals surface area contributed by atoms with Crippen LogP contribution in [-0.4, -0.2) is 54.8 Å². The van der Waals surface area contributed by atoms with Crippen LogP contribution in [0.25, 0.3) is 0 Å². The second-order valence-corrected chi connectivity index (χ2v) is 5.28. The molecule has 2 aliphatic rings. The monoisotopic (exact) mass is 291 g/mol. The zero-order valence-corrected chi connectivity index (χ0v) is 11.7. The van der Waals surface area contributed by atoms with Crippen LogP contribution in [-0.2, 0) is 20.7 Å². The summed E-state index contributed by atoms with van der Waals surface area (Å²) in [4.78, 5) is 24.9. The Balaban J connectivity index is 1.88. The topological polar surface area (TPSA) is 76.1 Å². The van der Waals surface area contributed by atoms with Gasteiger partial charge < -0.3 is 14.6 Å². The Kier molecular flexibility index (Phi) is 3.75. The van der Waals surface area contributed by atoms with Gasteiger partial charge in [-0.15, -0.1) is 0 Å². The Morgan fingerprint density at radius 2 is 2.14 bits per heavy atom.